The predicted molar refractivity (Wildman–Crippen MR) is 57.0 cm³/mol. The van der Waals surface area contributed by atoms with E-state index in [1.165, 1.54) is 18.1 Å². The van der Waals surface area contributed by atoms with Crippen molar-refractivity contribution in [1.82, 2.24) is 4.90 Å². The second-order valence-electron chi connectivity index (χ2n) is 3.58. The molecular formula is C11H15F2NO2. The van der Waals surface area contributed by atoms with Crippen molar-refractivity contribution in [3.63, 3.8) is 0 Å². The van der Waals surface area contributed by atoms with E-state index in [1.807, 2.05) is 0 Å². The van der Waals surface area contributed by atoms with Gasteiger partial charge in [0.1, 0.15) is 11.5 Å². The molecule has 0 atom stereocenters. The lowest BCUT2D eigenvalue weighted by Gasteiger charge is -2.17. The van der Waals surface area contributed by atoms with E-state index >= 15 is 0 Å². The molecule has 0 fully saturated rings. The van der Waals surface area contributed by atoms with Crippen LogP contribution in [-0.2, 0) is 6.54 Å². The van der Waals surface area contributed by atoms with E-state index in [0.29, 0.717) is 11.3 Å². The lowest BCUT2D eigenvalue weighted by atomic mass is 10.2. The third-order valence-electron chi connectivity index (χ3n) is 2.18. The molecule has 1 aromatic rings. The summed E-state index contributed by atoms with van der Waals surface area (Å²) in [5.74, 6) is 0.681. The van der Waals surface area contributed by atoms with Crippen LogP contribution in [0.5, 0.6) is 11.5 Å². The minimum Gasteiger partial charge on any atom is -0.508 e. The molecule has 5 heteroatoms. The van der Waals surface area contributed by atoms with E-state index in [1.54, 1.807) is 19.2 Å². The number of hydrogen-bond acceptors (Lipinski definition) is 3. The molecule has 0 spiro atoms. The maximum atomic E-state index is 12.1. The van der Waals surface area contributed by atoms with Crippen LogP contribution in [0.1, 0.15) is 5.56 Å². The number of phenolic OH excluding ortho intramolecular Hbond substituents is 1. The van der Waals surface area contributed by atoms with Crippen LogP contribution in [0.25, 0.3) is 0 Å². The van der Waals surface area contributed by atoms with Gasteiger partial charge in [-0.15, -0.1) is 0 Å². The van der Waals surface area contributed by atoms with Gasteiger partial charge in [-0.25, -0.2) is 8.78 Å². The van der Waals surface area contributed by atoms with Crippen molar-refractivity contribution >= 4 is 0 Å². The summed E-state index contributed by atoms with van der Waals surface area (Å²) in [4.78, 5) is 1.44. The molecule has 0 amide bonds. The van der Waals surface area contributed by atoms with Crippen molar-refractivity contribution in [1.29, 1.82) is 0 Å². The number of rotatable bonds is 5. The zero-order chi connectivity index (χ0) is 12.1. The SMILES string of the molecule is COc1ccc(O)c(CN(C)CC(F)F)c1. The molecule has 1 rings (SSSR count). The van der Waals surface area contributed by atoms with Gasteiger partial charge in [-0.3, -0.25) is 4.90 Å². The lowest BCUT2D eigenvalue weighted by Crippen LogP contribution is -2.24. The highest BCUT2D eigenvalue weighted by Crippen LogP contribution is 2.23. The quantitative estimate of drug-likeness (QED) is 0.842. The van der Waals surface area contributed by atoms with Crippen molar-refractivity contribution in [2.24, 2.45) is 0 Å². The first-order chi connectivity index (χ1) is 7.52. The Bertz CT molecular complexity index is 345. The molecule has 1 N–H and O–H groups in total. The number of methoxy groups -OCH3 is 1. The molecule has 0 saturated carbocycles. The Morgan fingerprint density at radius 3 is 2.69 bits per heavy atom. The van der Waals surface area contributed by atoms with Gasteiger partial charge in [0.05, 0.1) is 13.7 Å². The zero-order valence-corrected chi connectivity index (χ0v) is 9.28. The Balaban J connectivity index is 2.71. The average Bonchev–Trinajstić information content (AvgIpc) is 2.20. The highest BCUT2D eigenvalue weighted by molar-refractivity contribution is 5.39. The first-order valence-corrected chi connectivity index (χ1v) is 4.85. The van der Waals surface area contributed by atoms with E-state index in [2.05, 4.69) is 0 Å². The highest BCUT2D eigenvalue weighted by atomic mass is 19.3. The van der Waals surface area contributed by atoms with Crippen LogP contribution < -0.4 is 4.74 Å². The summed E-state index contributed by atoms with van der Waals surface area (Å²) in [6.07, 6.45) is -2.38. The summed E-state index contributed by atoms with van der Waals surface area (Å²) in [7, 11) is 3.09. The second kappa shape index (κ2) is 5.65. The van der Waals surface area contributed by atoms with Gasteiger partial charge in [0.2, 0.25) is 0 Å². The van der Waals surface area contributed by atoms with Crippen LogP contribution in [0, 0.1) is 0 Å². The van der Waals surface area contributed by atoms with E-state index in [9.17, 15) is 13.9 Å². The summed E-state index contributed by atoms with van der Waals surface area (Å²) in [6, 6.07) is 4.74. The number of ether oxygens (including phenoxy) is 1. The summed E-state index contributed by atoms with van der Waals surface area (Å²) in [5, 5.41) is 9.54. The van der Waals surface area contributed by atoms with Gasteiger partial charge in [-0.1, -0.05) is 0 Å². The van der Waals surface area contributed by atoms with E-state index in [4.69, 9.17) is 4.74 Å². The maximum absolute atomic E-state index is 12.1. The van der Waals surface area contributed by atoms with Crippen molar-refractivity contribution in [2.75, 3.05) is 20.7 Å². The molecule has 3 nitrogen and oxygen atoms in total. The molecule has 0 aliphatic heterocycles. The second-order valence-corrected chi connectivity index (χ2v) is 3.58. The molecule has 0 radical (unpaired) electrons. The monoisotopic (exact) mass is 231 g/mol. The number of hydrogen-bond donors (Lipinski definition) is 1. The third kappa shape index (κ3) is 3.66. The molecule has 1 aromatic carbocycles. The summed E-state index contributed by atoms with van der Waals surface area (Å²) < 4.78 is 29.2. The van der Waals surface area contributed by atoms with Gasteiger partial charge in [0.15, 0.2) is 0 Å². The molecule has 0 saturated heterocycles. The molecule has 0 unspecified atom stereocenters. The first-order valence-electron chi connectivity index (χ1n) is 4.85. The molecule has 0 bridgehead atoms. The Hall–Kier alpha value is -1.36. The molecule has 0 heterocycles. The maximum Gasteiger partial charge on any atom is 0.251 e. The van der Waals surface area contributed by atoms with Crippen molar-refractivity contribution < 1.29 is 18.6 Å². The third-order valence-corrected chi connectivity index (χ3v) is 2.18. The average molecular weight is 231 g/mol. The van der Waals surface area contributed by atoms with Crippen molar-refractivity contribution in [3.8, 4) is 11.5 Å². The number of aromatic hydroxyl groups is 1. The predicted octanol–water partition coefficient (Wildman–Crippen LogP) is 2.10. The molecule has 90 valence electrons. The number of benzene rings is 1. The van der Waals surface area contributed by atoms with Crippen LogP contribution in [0.3, 0.4) is 0 Å². The van der Waals surface area contributed by atoms with Crippen LogP contribution in [-0.4, -0.2) is 37.1 Å². The standard InChI is InChI=1S/C11H15F2NO2/c1-14(7-11(12)13)6-8-5-9(16-2)3-4-10(8)15/h3-5,11,15H,6-7H2,1-2H3. The highest BCUT2D eigenvalue weighted by Gasteiger charge is 2.11. The first kappa shape index (κ1) is 12.7. The normalized spacial score (nSPS) is 11.1. The number of nitrogens with zero attached hydrogens (tertiary/aromatic N) is 1. The minimum absolute atomic E-state index is 0.0851. The fraction of sp³-hybridized carbons (Fsp3) is 0.455. The fourth-order valence-corrected chi connectivity index (χ4v) is 1.41. The Morgan fingerprint density at radius 1 is 1.44 bits per heavy atom. The van der Waals surface area contributed by atoms with Gasteiger partial charge < -0.3 is 9.84 Å². The topological polar surface area (TPSA) is 32.7 Å². The summed E-state index contributed by atoms with van der Waals surface area (Å²) in [6.45, 7) is -0.0655. The Labute approximate surface area is 93.3 Å². The van der Waals surface area contributed by atoms with Crippen LogP contribution in [0.2, 0.25) is 0 Å². The van der Waals surface area contributed by atoms with Crippen molar-refractivity contribution in [2.45, 2.75) is 13.0 Å². The van der Waals surface area contributed by atoms with Crippen LogP contribution in [0.15, 0.2) is 18.2 Å². The van der Waals surface area contributed by atoms with Gasteiger partial charge in [0.25, 0.3) is 6.43 Å². The fourth-order valence-electron chi connectivity index (χ4n) is 1.41. The number of halogens is 2. The van der Waals surface area contributed by atoms with Gasteiger partial charge in [-0.2, -0.15) is 0 Å². The molecular weight excluding hydrogens is 216 g/mol. The van der Waals surface area contributed by atoms with Gasteiger partial charge in [-0.05, 0) is 25.2 Å². The minimum atomic E-state index is -2.38. The van der Waals surface area contributed by atoms with Gasteiger partial charge in [0, 0.05) is 12.1 Å². The number of alkyl halides is 2. The zero-order valence-electron chi connectivity index (χ0n) is 9.28. The largest absolute Gasteiger partial charge is 0.508 e. The smallest absolute Gasteiger partial charge is 0.251 e. The van der Waals surface area contributed by atoms with Crippen LogP contribution in [0.4, 0.5) is 8.78 Å². The Kier molecular flexibility index (Phi) is 4.49. The van der Waals surface area contributed by atoms with E-state index in [0.717, 1.165) is 0 Å². The summed E-state index contributed by atoms with van der Waals surface area (Å²) >= 11 is 0. The molecule has 0 aromatic heterocycles. The van der Waals surface area contributed by atoms with E-state index < -0.39 is 6.43 Å². The van der Waals surface area contributed by atoms with Crippen LogP contribution >= 0.6 is 0 Å². The molecule has 0 aliphatic rings. The molecule has 0 aliphatic carbocycles. The molecule has 16 heavy (non-hydrogen) atoms. The number of phenols is 1. The lowest BCUT2D eigenvalue weighted by molar-refractivity contribution is 0.0971. The Morgan fingerprint density at radius 2 is 2.12 bits per heavy atom. The van der Waals surface area contributed by atoms with E-state index in [-0.39, 0.29) is 18.8 Å². The van der Waals surface area contributed by atoms with Crippen molar-refractivity contribution in [3.05, 3.63) is 23.8 Å². The van der Waals surface area contributed by atoms with Gasteiger partial charge >= 0.3 is 0 Å². The summed E-state index contributed by atoms with van der Waals surface area (Å²) in [5.41, 5.74) is 0.572.